The molecule has 0 aromatic carbocycles. The number of ether oxygens (including phenoxy) is 2. The maximum absolute atomic E-state index is 12.5. The van der Waals surface area contributed by atoms with E-state index in [0.29, 0.717) is 0 Å². The van der Waals surface area contributed by atoms with Gasteiger partial charge < -0.3 is 14.6 Å². The van der Waals surface area contributed by atoms with E-state index in [-0.39, 0.29) is 24.8 Å². The summed E-state index contributed by atoms with van der Waals surface area (Å²) in [6.07, 6.45) is 0.406. The molecule has 0 saturated carbocycles. The standard InChI is InChI=1S/C16H22N2O7/c1-5-15(13(22)24-4)7-10(25-16(15,6-2)12(20)21)18-8-9(3)11(19)17-14(18)23/h8,10H,5-7H2,1-4H3,(H,20,21)(H,17,19,23)/t10-,15?,16-/m0/s1. The van der Waals surface area contributed by atoms with E-state index in [4.69, 9.17) is 9.47 Å². The van der Waals surface area contributed by atoms with Crippen molar-refractivity contribution in [3.63, 3.8) is 0 Å². The normalized spacial score (nSPS) is 28.7. The first-order valence-corrected chi connectivity index (χ1v) is 8.00. The van der Waals surface area contributed by atoms with Crippen LogP contribution in [0, 0.1) is 12.3 Å². The second-order valence-electron chi connectivity index (χ2n) is 6.17. The van der Waals surface area contributed by atoms with Crippen LogP contribution in [0.25, 0.3) is 0 Å². The average Bonchev–Trinajstić information content (AvgIpc) is 2.94. The lowest BCUT2D eigenvalue weighted by atomic mass is 9.68. The first-order valence-electron chi connectivity index (χ1n) is 8.00. The van der Waals surface area contributed by atoms with Crippen molar-refractivity contribution in [2.75, 3.05) is 7.11 Å². The van der Waals surface area contributed by atoms with Crippen LogP contribution in [0.5, 0.6) is 0 Å². The monoisotopic (exact) mass is 354 g/mol. The molecule has 0 spiro atoms. The Morgan fingerprint density at radius 2 is 2.04 bits per heavy atom. The maximum Gasteiger partial charge on any atom is 0.337 e. The molecule has 2 heterocycles. The summed E-state index contributed by atoms with van der Waals surface area (Å²) in [6, 6.07) is 0. The molecule has 1 fully saturated rings. The zero-order valence-electron chi connectivity index (χ0n) is 14.6. The van der Waals surface area contributed by atoms with Gasteiger partial charge in [0, 0.05) is 18.2 Å². The topological polar surface area (TPSA) is 128 Å². The number of nitrogens with zero attached hydrogens (tertiary/aromatic N) is 1. The molecule has 1 aromatic rings. The SMILES string of the molecule is CCC1(C(=O)OC)C[C@@H](n2cc(C)c(=O)[nH]c2=O)O[C@@]1(CC)C(=O)O. The minimum Gasteiger partial charge on any atom is -0.479 e. The first kappa shape index (κ1) is 18.9. The van der Waals surface area contributed by atoms with Crippen LogP contribution in [0.3, 0.4) is 0 Å². The summed E-state index contributed by atoms with van der Waals surface area (Å²) < 4.78 is 11.8. The molecular weight excluding hydrogens is 332 g/mol. The van der Waals surface area contributed by atoms with Crippen LogP contribution >= 0.6 is 0 Å². The van der Waals surface area contributed by atoms with Gasteiger partial charge in [0.1, 0.15) is 11.6 Å². The molecule has 0 amide bonds. The summed E-state index contributed by atoms with van der Waals surface area (Å²) in [5.41, 5.74) is -4.27. The number of nitrogens with one attached hydrogen (secondary N) is 1. The van der Waals surface area contributed by atoms with E-state index in [1.165, 1.54) is 20.2 Å². The number of esters is 1. The van der Waals surface area contributed by atoms with E-state index >= 15 is 0 Å². The Kier molecular flexibility index (Phi) is 4.90. The third kappa shape index (κ3) is 2.58. The number of rotatable bonds is 5. The van der Waals surface area contributed by atoms with Crippen molar-refractivity contribution in [2.24, 2.45) is 5.41 Å². The van der Waals surface area contributed by atoms with Gasteiger partial charge in [-0.1, -0.05) is 13.8 Å². The number of aliphatic carboxylic acids is 1. The van der Waals surface area contributed by atoms with Crippen molar-refractivity contribution in [3.8, 4) is 0 Å². The van der Waals surface area contributed by atoms with Crippen molar-refractivity contribution in [2.45, 2.75) is 51.9 Å². The highest BCUT2D eigenvalue weighted by Gasteiger charge is 2.67. The number of methoxy groups -OCH3 is 1. The van der Waals surface area contributed by atoms with Gasteiger partial charge in [-0.05, 0) is 19.8 Å². The molecule has 0 radical (unpaired) electrons. The minimum absolute atomic E-state index is 0.0128. The van der Waals surface area contributed by atoms with Gasteiger partial charge in [-0.2, -0.15) is 0 Å². The van der Waals surface area contributed by atoms with Crippen LogP contribution in [0.2, 0.25) is 0 Å². The molecule has 3 atom stereocenters. The highest BCUT2D eigenvalue weighted by molar-refractivity contribution is 5.90. The zero-order chi connectivity index (χ0) is 19.0. The Bertz CT molecular complexity index is 811. The quantitative estimate of drug-likeness (QED) is 0.740. The Labute approximate surface area is 143 Å². The van der Waals surface area contributed by atoms with Gasteiger partial charge in [0.15, 0.2) is 5.60 Å². The molecule has 1 saturated heterocycles. The summed E-state index contributed by atoms with van der Waals surface area (Å²) in [4.78, 5) is 50.4. The van der Waals surface area contributed by atoms with E-state index in [9.17, 15) is 24.3 Å². The molecule has 2 rings (SSSR count). The lowest BCUT2D eigenvalue weighted by Gasteiger charge is -2.37. The van der Waals surface area contributed by atoms with Gasteiger partial charge in [0.05, 0.1) is 7.11 Å². The fraction of sp³-hybridized carbons (Fsp3) is 0.625. The third-order valence-corrected chi connectivity index (χ3v) is 5.11. The van der Waals surface area contributed by atoms with Crippen molar-refractivity contribution in [1.29, 1.82) is 0 Å². The largest absolute Gasteiger partial charge is 0.479 e. The zero-order valence-corrected chi connectivity index (χ0v) is 14.6. The second-order valence-corrected chi connectivity index (χ2v) is 6.17. The lowest BCUT2D eigenvalue weighted by Crippen LogP contribution is -2.55. The summed E-state index contributed by atoms with van der Waals surface area (Å²) in [6.45, 7) is 4.79. The van der Waals surface area contributed by atoms with Crippen LogP contribution in [0.15, 0.2) is 15.8 Å². The van der Waals surface area contributed by atoms with E-state index in [1.54, 1.807) is 13.8 Å². The predicted molar refractivity (Wildman–Crippen MR) is 86.2 cm³/mol. The number of hydrogen-bond donors (Lipinski definition) is 2. The van der Waals surface area contributed by atoms with Gasteiger partial charge >= 0.3 is 17.6 Å². The van der Waals surface area contributed by atoms with Gasteiger partial charge in [0.2, 0.25) is 0 Å². The number of carbonyl (C=O) groups is 2. The number of hydrogen-bond acceptors (Lipinski definition) is 6. The lowest BCUT2D eigenvalue weighted by molar-refractivity contribution is -0.191. The summed E-state index contributed by atoms with van der Waals surface area (Å²) >= 11 is 0. The number of carboxylic acids is 1. The molecule has 0 bridgehead atoms. The van der Waals surface area contributed by atoms with Crippen LogP contribution in [-0.2, 0) is 19.1 Å². The number of carbonyl (C=O) groups excluding carboxylic acids is 1. The van der Waals surface area contributed by atoms with E-state index in [0.717, 1.165) is 4.57 Å². The van der Waals surface area contributed by atoms with Crippen LogP contribution in [0.1, 0.15) is 44.9 Å². The molecule has 2 N–H and O–H groups in total. The van der Waals surface area contributed by atoms with Crippen LogP contribution in [0.4, 0.5) is 0 Å². The fourth-order valence-corrected chi connectivity index (χ4v) is 3.65. The highest BCUT2D eigenvalue weighted by atomic mass is 16.6. The van der Waals surface area contributed by atoms with E-state index < -0.39 is 40.4 Å². The molecule has 1 aliphatic rings. The molecular formula is C16H22N2O7. The molecule has 1 unspecified atom stereocenters. The molecule has 9 nitrogen and oxygen atoms in total. The predicted octanol–water partition coefficient (Wildman–Crippen LogP) is 0.567. The molecule has 9 heteroatoms. The average molecular weight is 354 g/mol. The Balaban J connectivity index is 2.66. The van der Waals surface area contributed by atoms with Crippen molar-refractivity contribution in [3.05, 3.63) is 32.6 Å². The summed E-state index contributed by atoms with van der Waals surface area (Å²) in [7, 11) is 1.19. The second kappa shape index (κ2) is 6.47. The van der Waals surface area contributed by atoms with E-state index in [2.05, 4.69) is 4.98 Å². The van der Waals surface area contributed by atoms with Gasteiger partial charge in [0.25, 0.3) is 5.56 Å². The molecule has 1 aliphatic heterocycles. The smallest absolute Gasteiger partial charge is 0.337 e. The molecule has 25 heavy (non-hydrogen) atoms. The van der Waals surface area contributed by atoms with Gasteiger partial charge in [-0.3, -0.25) is 19.1 Å². The number of aromatic amines is 1. The summed E-state index contributed by atoms with van der Waals surface area (Å²) in [5, 5.41) is 9.83. The van der Waals surface area contributed by atoms with Gasteiger partial charge in [-0.25, -0.2) is 9.59 Å². The van der Waals surface area contributed by atoms with Crippen molar-refractivity contribution < 1.29 is 24.2 Å². The molecule has 0 aliphatic carbocycles. The Morgan fingerprint density at radius 1 is 1.40 bits per heavy atom. The number of carboxylic acid groups (broad SMARTS) is 1. The summed E-state index contributed by atoms with van der Waals surface area (Å²) in [5.74, 6) is -1.99. The fourth-order valence-electron chi connectivity index (χ4n) is 3.65. The van der Waals surface area contributed by atoms with Crippen LogP contribution in [-0.4, -0.2) is 39.3 Å². The first-order chi connectivity index (χ1) is 11.7. The van der Waals surface area contributed by atoms with Crippen molar-refractivity contribution >= 4 is 11.9 Å². The van der Waals surface area contributed by atoms with Crippen molar-refractivity contribution in [1.82, 2.24) is 9.55 Å². The Morgan fingerprint density at radius 3 is 2.52 bits per heavy atom. The minimum atomic E-state index is -1.83. The molecule has 1 aromatic heterocycles. The Hall–Kier alpha value is -2.42. The number of H-pyrrole nitrogens is 1. The third-order valence-electron chi connectivity index (χ3n) is 5.11. The van der Waals surface area contributed by atoms with E-state index in [1.807, 2.05) is 0 Å². The number of aromatic nitrogens is 2. The van der Waals surface area contributed by atoms with Crippen LogP contribution < -0.4 is 11.2 Å². The number of aryl methyl sites for hydroxylation is 1. The highest BCUT2D eigenvalue weighted by Crippen LogP contribution is 2.55. The molecule has 138 valence electrons. The maximum atomic E-state index is 12.5. The van der Waals surface area contributed by atoms with Gasteiger partial charge in [-0.15, -0.1) is 0 Å².